The average molecular weight is 290 g/mol. The molecule has 0 bridgehead atoms. The summed E-state index contributed by atoms with van der Waals surface area (Å²) in [5.41, 5.74) is -2.96. The van der Waals surface area contributed by atoms with Gasteiger partial charge in [-0.1, -0.05) is 30.4 Å². The minimum absolute atomic E-state index is 0.0621. The van der Waals surface area contributed by atoms with E-state index in [1.807, 2.05) is 0 Å². The summed E-state index contributed by atoms with van der Waals surface area (Å²) in [5.74, 6) is -2.59. The highest BCUT2D eigenvalue weighted by Gasteiger charge is 2.63. The van der Waals surface area contributed by atoms with Gasteiger partial charge in [-0.3, -0.25) is 9.59 Å². The van der Waals surface area contributed by atoms with Crippen molar-refractivity contribution in [2.75, 3.05) is 0 Å². The van der Waals surface area contributed by atoms with Gasteiger partial charge in [0.2, 0.25) is 0 Å². The Morgan fingerprint density at radius 1 is 1.10 bits per heavy atom. The number of rotatable bonds is 8. The molecule has 1 rings (SSSR count). The van der Waals surface area contributed by atoms with Crippen LogP contribution in [0.15, 0.2) is 50.1 Å². The minimum atomic E-state index is -1.51. The lowest BCUT2D eigenvalue weighted by atomic mass is 9.50. The second-order valence-electron chi connectivity index (χ2n) is 5.40. The molecule has 0 amide bonds. The van der Waals surface area contributed by atoms with Crippen LogP contribution in [0.5, 0.6) is 0 Å². The molecule has 1 aliphatic carbocycles. The molecule has 0 fully saturated rings. The smallest absolute Gasteiger partial charge is 0.315 e. The van der Waals surface area contributed by atoms with Crippen LogP contribution in [0.1, 0.15) is 25.7 Å². The van der Waals surface area contributed by atoms with Gasteiger partial charge in [0.25, 0.3) is 0 Å². The monoisotopic (exact) mass is 290 g/mol. The van der Waals surface area contributed by atoms with E-state index < -0.39 is 22.8 Å². The Labute approximate surface area is 125 Å². The third kappa shape index (κ3) is 2.46. The maximum Gasteiger partial charge on any atom is 0.315 e. The molecule has 0 aromatic heterocycles. The van der Waals surface area contributed by atoms with Crippen molar-refractivity contribution in [1.29, 1.82) is 0 Å². The van der Waals surface area contributed by atoms with Crippen LogP contribution < -0.4 is 0 Å². The molecule has 2 N–H and O–H groups in total. The van der Waals surface area contributed by atoms with E-state index in [0.717, 1.165) is 0 Å². The summed E-state index contributed by atoms with van der Waals surface area (Å²) in [6, 6.07) is 0. The number of hydrogen-bond donors (Lipinski definition) is 2. The predicted octanol–water partition coefficient (Wildman–Crippen LogP) is 3.43. The zero-order chi connectivity index (χ0) is 16.1. The molecule has 3 unspecified atom stereocenters. The van der Waals surface area contributed by atoms with Crippen molar-refractivity contribution in [2.45, 2.75) is 25.7 Å². The van der Waals surface area contributed by atoms with E-state index in [0.29, 0.717) is 12.8 Å². The Morgan fingerprint density at radius 3 is 2.14 bits per heavy atom. The number of carboxylic acids is 2. The molecule has 0 aliphatic heterocycles. The van der Waals surface area contributed by atoms with E-state index in [9.17, 15) is 19.8 Å². The summed E-state index contributed by atoms with van der Waals surface area (Å²) in [7, 11) is 0. The Morgan fingerprint density at radius 2 is 1.71 bits per heavy atom. The molecule has 4 heteroatoms. The van der Waals surface area contributed by atoms with Crippen molar-refractivity contribution in [3.63, 3.8) is 0 Å². The Hall–Kier alpha value is -2.10. The maximum absolute atomic E-state index is 12.1. The fourth-order valence-corrected chi connectivity index (χ4v) is 3.50. The van der Waals surface area contributed by atoms with Crippen molar-refractivity contribution in [3.8, 4) is 0 Å². The van der Waals surface area contributed by atoms with Gasteiger partial charge in [-0.25, -0.2) is 0 Å². The number of aliphatic carboxylic acids is 2. The van der Waals surface area contributed by atoms with Crippen LogP contribution >= 0.6 is 0 Å². The van der Waals surface area contributed by atoms with Gasteiger partial charge in [0, 0.05) is 0 Å². The highest BCUT2D eigenvalue weighted by Crippen LogP contribution is 2.57. The molecular weight excluding hydrogens is 268 g/mol. The predicted molar refractivity (Wildman–Crippen MR) is 81.8 cm³/mol. The van der Waals surface area contributed by atoms with Gasteiger partial charge in [0.1, 0.15) is 5.41 Å². The summed E-state index contributed by atoms with van der Waals surface area (Å²) in [6.07, 6.45) is 8.99. The summed E-state index contributed by atoms with van der Waals surface area (Å²) in [4.78, 5) is 24.1. The molecule has 0 radical (unpaired) electrons. The third-order valence-electron chi connectivity index (χ3n) is 4.46. The first kappa shape index (κ1) is 17.0. The van der Waals surface area contributed by atoms with Crippen LogP contribution in [0, 0.1) is 16.7 Å². The molecule has 3 atom stereocenters. The summed E-state index contributed by atoms with van der Waals surface area (Å²) in [6.45, 7) is 10.9. The first-order chi connectivity index (χ1) is 9.92. The zero-order valence-corrected chi connectivity index (χ0v) is 12.1. The van der Waals surface area contributed by atoms with E-state index in [1.54, 1.807) is 12.2 Å². The van der Waals surface area contributed by atoms with Crippen LogP contribution in [-0.2, 0) is 9.59 Å². The van der Waals surface area contributed by atoms with E-state index in [4.69, 9.17) is 0 Å². The largest absolute Gasteiger partial charge is 0.481 e. The molecule has 4 nitrogen and oxygen atoms in total. The Bertz CT molecular complexity index is 491. The molecule has 0 aromatic carbocycles. The van der Waals surface area contributed by atoms with Gasteiger partial charge in [0.05, 0.1) is 5.41 Å². The second kappa shape index (κ2) is 6.57. The van der Waals surface area contributed by atoms with E-state index in [-0.39, 0.29) is 18.8 Å². The quantitative estimate of drug-likeness (QED) is 0.672. The number of allylic oxidation sites excluding steroid dienone is 4. The van der Waals surface area contributed by atoms with Crippen molar-refractivity contribution < 1.29 is 19.8 Å². The van der Waals surface area contributed by atoms with Gasteiger partial charge in [0.15, 0.2) is 0 Å². The molecule has 0 heterocycles. The third-order valence-corrected chi connectivity index (χ3v) is 4.46. The minimum Gasteiger partial charge on any atom is -0.481 e. The number of hydrogen-bond acceptors (Lipinski definition) is 2. The molecule has 0 saturated carbocycles. The van der Waals surface area contributed by atoms with Crippen molar-refractivity contribution in [1.82, 2.24) is 0 Å². The fourth-order valence-electron chi connectivity index (χ4n) is 3.50. The van der Waals surface area contributed by atoms with Crippen molar-refractivity contribution >= 4 is 11.9 Å². The lowest BCUT2D eigenvalue weighted by Crippen LogP contribution is -2.56. The van der Waals surface area contributed by atoms with Crippen molar-refractivity contribution in [3.05, 3.63) is 50.1 Å². The second-order valence-corrected chi connectivity index (χ2v) is 5.40. The SMILES string of the molecule is C=CCC1CC=CC(CC=C)(C(=O)O)C1(CC=C)C(=O)O. The summed E-state index contributed by atoms with van der Waals surface area (Å²) >= 11 is 0. The van der Waals surface area contributed by atoms with E-state index >= 15 is 0 Å². The van der Waals surface area contributed by atoms with Crippen molar-refractivity contribution in [2.24, 2.45) is 16.7 Å². The molecule has 0 spiro atoms. The molecule has 21 heavy (non-hydrogen) atoms. The highest BCUT2D eigenvalue weighted by atomic mass is 16.4. The van der Waals surface area contributed by atoms with E-state index in [2.05, 4.69) is 19.7 Å². The zero-order valence-electron chi connectivity index (χ0n) is 12.1. The molecule has 0 aromatic rings. The lowest BCUT2D eigenvalue weighted by molar-refractivity contribution is -0.176. The summed E-state index contributed by atoms with van der Waals surface area (Å²) < 4.78 is 0. The molecule has 114 valence electrons. The molecular formula is C17H22O4. The lowest BCUT2D eigenvalue weighted by Gasteiger charge is -2.49. The van der Waals surface area contributed by atoms with Crippen LogP contribution in [0.25, 0.3) is 0 Å². The first-order valence-electron chi connectivity index (χ1n) is 6.90. The Kier molecular flexibility index (Phi) is 5.30. The standard InChI is InChI=1S/C17H22O4/c1-4-8-13-9-7-12-16(10-5-2,14(18)19)17(13,11-6-3)15(20)21/h4-7,12-13H,1-3,8-11H2,(H,18,19)(H,20,21). The van der Waals surface area contributed by atoms with Crippen LogP contribution in [0.2, 0.25) is 0 Å². The van der Waals surface area contributed by atoms with Crippen LogP contribution in [0.3, 0.4) is 0 Å². The van der Waals surface area contributed by atoms with Crippen LogP contribution in [0.4, 0.5) is 0 Å². The molecule has 1 aliphatic rings. The normalized spacial score (nSPS) is 31.3. The summed E-state index contributed by atoms with van der Waals surface area (Å²) in [5, 5.41) is 19.7. The molecule has 0 saturated heterocycles. The van der Waals surface area contributed by atoms with Gasteiger partial charge in [-0.15, -0.1) is 19.7 Å². The Balaban J connectivity index is 3.65. The number of carbonyl (C=O) groups is 2. The van der Waals surface area contributed by atoms with Gasteiger partial charge < -0.3 is 10.2 Å². The van der Waals surface area contributed by atoms with E-state index in [1.165, 1.54) is 18.2 Å². The maximum atomic E-state index is 12.1. The van der Waals surface area contributed by atoms with Gasteiger partial charge in [-0.2, -0.15) is 0 Å². The first-order valence-corrected chi connectivity index (χ1v) is 6.90. The van der Waals surface area contributed by atoms with Gasteiger partial charge in [-0.05, 0) is 31.6 Å². The topological polar surface area (TPSA) is 74.6 Å². The highest BCUT2D eigenvalue weighted by molar-refractivity contribution is 5.89. The fraction of sp³-hybridized carbons (Fsp3) is 0.412. The number of carboxylic acid groups (broad SMARTS) is 2. The van der Waals surface area contributed by atoms with Crippen LogP contribution in [-0.4, -0.2) is 22.2 Å². The average Bonchev–Trinajstić information content (AvgIpc) is 2.42. The van der Waals surface area contributed by atoms with Gasteiger partial charge >= 0.3 is 11.9 Å².